The molecule has 29 heavy (non-hydrogen) atoms. The summed E-state index contributed by atoms with van der Waals surface area (Å²) in [5, 5.41) is 7.57. The van der Waals surface area contributed by atoms with Crippen LogP contribution in [0.3, 0.4) is 0 Å². The molecule has 0 aliphatic heterocycles. The fourth-order valence-electron chi connectivity index (χ4n) is 2.03. The highest BCUT2D eigenvalue weighted by atomic mass is 32.3. The van der Waals surface area contributed by atoms with Crippen molar-refractivity contribution in [3.8, 4) is 0 Å². The Morgan fingerprint density at radius 2 is 1.52 bits per heavy atom. The number of nitrogens with zero attached hydrogens (tertiary/aromatic N) is 2. The summed E-state index contributed by atoms with van der Waals surface area (Å²) in [4.78, 5) is -0.757. The molecule has 0 aliphatic carbocycles. The van der Waals surface area contributed by atoms with E-state index in [0.717, 1.165) is 12.1 Å². The average Bonchev–Trinajstić information content (AvgIpc) is 2.59. The zero-order valence-corrected chi connectivity index (χ0v) is 16.9. The second kappa shape index (κ2) is 8.52. The summed E-state index contributed by atoms with van der Waals surface area (Å²) in [5.74, 6) is -0.719. The number of nitrogen functional groups attached to an aromatic ring is 1. The molecule has 0 amide bonds. The first-order valence-corrected chi connectivity index (χ1v) is 12.0. The molecular weight excluding hydrogens is 450 g/mol. The summed E-state index contributed by atoms with van der Waals surface area (Å²) in [6.07, 6.45) is 0. The van der Waals surface area contributed by atoms with Crippen LogP contribution in [0, 0.1) is 0 Å². The monoisotopic (exact) mass is 465 g/mol. The number of sulfone groups is 1. The molecule has 0 atom stereocenters. The molecule has 0 bridgehead atoms. The Labute approximate surface area is 166 Å². The second-order valence-electron chi connectivity index (χ2n) is 5.46. The molecule has 0 spiro atoms. The normalized spacial score (nSPS) is 13.0. The molecule has 0 radical (unpaired) electrons. The summed E-state index contributed by atoms with van der Waals surface area (Å²) < 4.78 is 89.5. The fraction of sp³-hybridized carbons (Fsp3) is 0.143. The summed E-state index contributed by atoms with van der Waals surface area (Å²) >= 11 is 0. The first-order chi connectivity index (χ1) is 13.3. The number of azo groups is 1. The lowest BCUT2D eigenvalue weighted by Gasteiger charge is -2.05. The molecule has 0 saturated heterocycles. The van der Waals surface area contributed by atoms with Crippen LogP contribution in [0.2, 0.25) is 0 Å². The van der Waals surface area contributed by atoms with Gasteiger partial charge in [-0.1, -0.05) is 6.07 Å². The molecule has 2 rings (SSSR count). The van der Waals surface area contributed by atoms with Gasteiger partial charge in [0.05, 0.1) is 34.3 Å². The van der Waals surface area contributed by atoms with Gasteiger partial charge >= 0.3 is 10.4 Å². The van der Waals surface area contributed by atoms with E-state index in [9.17, 15) is 25.3 Å². The van der Waals surface area contributed by atoms with Gasteiger partial charge in [0.1, 0.15) is 4.90 Å². The van der Waals surface area contributed by atoms with Crippen molar-refractivity contribution in [2.45, 2.75) is 9.79 Å². The van der Waals surface area contributed by atoms with E-state index >= 15 is 0 Å². The number of hydrogen-bond acceptors (Lipinski definition) is 10. The highest BCUT2D eigenvalue weighted by molar-refractivity contribution is 7.91. The van der Waals surface area contributed by atoms with Crippen molar-refractivity contribution < 1.29 is 38.5 Å². The molecule has 15 heteroatoms. The van der Waals surface area contributed by atoms with Crippen molar-refractivity contribution in [2.75, 3.05) is 18.1 Å². The zero-order chi connectivity index (χ0) is 21.9. The Morgan fingerprint density at radius 1 is 0.897 bits per heavy atom. The van der Waals surface area contributed by atoms with Gasteiger partial charge in [0.2, 0.25) is 0 Å². The number of nitrogens with two attached hydrogens (primary N) is 1. The van der Waals surface area contributed by atoms with E-state index in [1.54, 1.807) is 0 Å². The number of benzene rings is 2. The Kier molecular flexibility index (Phi) is 6.71. The van der Waals surface area contributed by atoms with Crippen LogP contribution in [0.5, 0.6) is 0 Å². The van der Waals surface area contributed by atoms with Gasteiger partial charge in [-0.25, -0.2) is 12.6 Å². The maximum absolute atomic E-state index is 12.2. The van der Waals surface area contributed by atoms with Gasteiger partial charge < -0.3 is 5.73 Å². The minimum Gasteiger partial charge on any atom is -0.398 e. The van der Waals surface area contributed by atoms with E-state index in [4.69, 9.17) is 14.8 Å². The van der Waals surface area contributed by atoms with E-state index in [2.05, 4.69) is 14.4 Å². The lowest BCUT2D eigenvalue weighted by atomic mass is 10.3. The van der Waals surface area contributed by atoms with Crippen LogP contribution in [0.1, 0.15) is 0 Å². The van der Waals surface area contributed by atoms with E-state index in [1.165, 1.54) is 30.3 Å². The van der Waals surface area contributed by atoms with Crippen LogP contribution in [0.25, 0.3) is 0 Å². The first-order valence-electron chi connectivity index (χ1n) is 7.51. The first kappa shape index (κ1) is 22.9. The van der Waals surface area contributed by atoms with Gasteiger partial charge in [0.25, 0.3) is 10.1 Å². The Balaban J connectivity index is 2.24. The summed E-state index contributed by atoms with van der Waals surface area (Å²) in [5.41, 5.74) is 5.41. The number of rotatable bonds is 8. The molecule has 2 aromatic rings. The van der Waals surface area contributed by atoms with Crippen LogP contribution in [-0.2, 0) is 34.5 Å². The topological polar surface area (TPSA) is 203 Å². The van der Waals surface area contributed by atoms with Gasteiger partial charge in [-0.15, -0.1) is 0 Å². The van der Waals surface area contributed by atoms with Crippen molar-refractivity contribution in [3.05, 3.63) is 42.5 Å². The average molecular weight is 465 g/mol. The van der Waals surface area contributed by atoms with Gasteiger partial charge in [-0.05, 0) is 36.4 Å². The maximum Gasteiger partial charge on any atom is 0.397 e. The maximum atomic E-state index is 12.2. The lowest BCUT2D eigenvalue weighted by molar-refractivity contribution is 0.284. The molecule has 0 saturated carbocycles. The Hall–Kier alpha value is -2.43. The third kappa shape index (κ3) is 6.84. The van der Waals surface area contributed by atoms with Gasteiger partial charge in [0.15, 0.2) is 9.84 Å². The molecule has 0 unspecified atom stereocenters. The van der Waals surface area contributed by atoms with Crippen LogP contribution in [-0.4, -0.2) is 46.7 Å². The number of anilines is 1. The third-order valence-corrected chi connectivity index (χ3v) is 6.37. The van der Waals surface area contributed by atoms with Crippen LogP contribution < -0.4 is 5.73 Å². The minimum atomic E-state index is -4.76. The molecule has 158 valence electrons. The van der Waals surface area contributed by atoms with Crippen molar-refractivity contribution in [1.82, 2.24) is 0 Å². The second-order valence-corrected chi connectivity index (χ2v) is 10.1. The molecule has 0 aromatic heterocycles. The Bertz CT molecular complexity index is 1250. The highest BCUT2D eigenvalue weighted by Crippen LogP contribution is 2.26. The van der Waals surface area contributed by atoms with E-state index in [-0.39, 0.29) is 22.0 Å². The third-order valence-electron chi connectivity index (χ3n) is 3.32. The zero-order valence-electron chi connectivity index (χ0n) is 14.4. The largest absolute Gasteiger partial charge is 0.398 e. The SMILES string of the molecule is Nc1ccc(N=Nc2cccc(S(=O)(=O)CCOS(=O)(=O)O)c2)cc1S(=O)(=O)O. The molecule has 0 heterocycles. The summed E-state index contributed by atoms with van der Waals surface area (Å²) in [6, 6.07) is 8.68. The summed E-state index contributed by atoms with van der Waals surface area (Å²) in [7, 11) is -13.3. The smallest absolute Gasteiger partial charge is 0.397 e. The van der Waals surface area contributed by atoms with E-state index < -0.39 is 47.6 Å². The van der Waals surface area contributed by atoms with Crippen LogP contribution in [0.4, 0.5) is 17.1 Å². The van der Waals surface area contributed by atoms with Gasteiger partial charge in [-0.2, -0.15) is 27.1 Å². The molecular formula is C14H15N3O9S3. The van der Waals surface area contributed by atoms with Gasteiger partial charge in [-0.3, -0.25) is 9.11 Å². The predicted octanol–water partition coefficient (Wildman–Crippen LogP) is 1.52. The quantitative estimate of drug-likeness (QED) is 0.291. The lowest BCUT2D eigenvalue weighted by Crippen LogP contribution is -2.15. The minimum absolute atomic E-state index is 0.0293. The number of hydrogen-bond donors (Lipinski definition) is 3. The molecule has 0 aliphatic rings. The van der Waals surface area contributed by atoms with Crippen molar-refractivity contribution in [2.24, 2.45) is 10.2 Å². The fourth-order valence-corrected chi connectivity index (χ4v) is 4.19. The molecule has 4 N–H and O–H groups in total. The van der Waals surface area contributed by atoms with Crippen LogP contribution >= 0.6 is 0 Å². The van der Waals surface area contributed by atoms with Crippen molar-refractivity contribution >= 4 is 47.4 Å². The molecule has 0 fully saturated rings. The van der Waals surface area contributed by atoms with Crippen molar-refractivity contribution in [1.29, 1.82) is 0 Å². The highest BCUT2D eigenvalue weighted by Gasteiger charge is 2.17. The van der Waals surface area contributed by atoms with E-state index in [1.807, 2.05) is 0 Å². The Morgan fingerprint density at radius 3 is 2.10 bits per heavy atom. The predicted molar refractivity (Wildman–Crippen MR) is 101 cm³/mol. The molecule has 2 aromatic carbocycles. The van der Waals surface area contributed by atoms with Gasteiger partial charge in [0, 0.05) is 0 Å². The molecule has 12 nitrogen and oxygen atoms in total. The van der Waals surface area contributed by atoms with E-state index in [0.29, 0.717) is 0 Å². The van der Waals surface area contributed by atoms with Crippen LogP contribution in [0.15, 0.2) is 62.5 Å². The van der Waals surface area contributed by atoms with Crippen molar-refractivity contribution in [3.63, 3.8) is 0 Å². The standard InChI is InChI=1S/C14H15N3O9S3/c15-13-5-4-11(9-14(13)28(20,21)22)17-16-10-2-1-3-12(8-10)27(18,19)7-6-26-29(23,24)25/h1-5,8-9H,6-7,15H2,(H,20,21,22)(H,23,24,25). The summed E-state index contributed by atoms with van der Waals surface area (Å²) in [6.45, 7) is -0.781.